The Hall–Kier alpha value is -0.870. The van der Waals surface area contributed by atoms with Gasteiger partial charge >= 0.3 is 5.97 Å². The van der Waals surface area contributed by atoms with Crippen molar-refractivity contribution in [2.75, 3.05) is 7.11 Å². The van der Waals surface area contributed by atoms with Crippen molar-refractivity contribution >= 4 is 17.3 Å². The summed E-state index contributed by atoms with van der Waals surface area (Å²) < 4.78 is 5.09. The zero-order valence-electron chi connectivity index (χ0n) is 12.7. The van der Waals surface area contributed by atoms with Crippen LogP contribution >= 0.6 is 11.3 Å². The van der Waals surface area contributed by atoms with Gasteiger partial charge in [0.05, 0.1) is 7.11 Å². The van der Waals surface area contributed by atoms with Crippen LogP contribution in [0.25, 0.3) is 0 Å². The molecule has 1 aromatic heterocycles. The minimum Gasteiger partial charge on any atom is -0.468 e. The van der Waals surface area contributed by atoms with E-state index >= 15 is 0 Å². The molecule has 1 saturated carbocycles. The van der Waals surface area contributed by atoms with Crippen molar-refractivity contribution in [2.24, 2.45) is 5.41 Å². The smallest absolute Gasteiger partial charge is 0.326 e. The van der Waals surface area contributed by atoms with Gasteiger partial charge in [0.25, 0.3) is 0 Å². The molecule has 1 atom stereocenters. The lowest BCUT2D eigenvalue weighted by Gasteiger charge is -2.31. The lowest BCUT2D eigenvalue weighted by Crippen LogP contribution is -2.52. The van der Waals surface area contributed by atoms with E-state index in [0.717, 1.165) is 32.2 Å². The molecule has 112 valence electrons. The third kappa shape index (κ3) is 3.61. The third-order valence-electron chi connectivity index (χ3n) is 4.44. The molecule has 0 bridgehead atoms. The number of esters is 1. The molecule has 0 saturated heterocycles. The van der Waals surface area contributed by atoms with Crippen LogP contribution in [-0.2, 0) is 16.1 Å². The first kappa shape index (κ1) is 15.5. The fourth-order valence-electron chi connectivity index (χ4n) is 2.99. The number of carbonyl (C=O) groups excluding carboxylic acids is 1. The zero-order valence-corrected chi connectivity index (χ0v) is 13.5. The van der Waals surface area contributed by atoms with Gasteiger partial charge in [-0.1, -0.05) is 26.3 Å². The summed E-state index contributed by atoms with van der Waals surface area (Å²) in [6.07, 6.45) is 5.03. The van der Waals surface area contributed by atoms with Gasteiger partial charge in [0, 0.05) is 11.4 Å². The average molecular weight is 295 g/mol. The molecular weight excluding hydrogens is 270 g/mol. The Labute approximate surface area is 125 Å². The lowest BCUT2D eigenvalue weighted by molar-refractivity contribution is -0.149. The van der Waals surface area contributed by atoms with Crippen molar-refractivity contribution in [3.05, 3.63) is 22.4 Å². The highest BCUT2D eigenvalue weighted by molar-refractivity contribution is 7.09. The van der Waals surface area contributed by atoms with Gasteiger partial charge in [-0.15, -0.1) is 11.3 Å². The van der Waals surface area contributed by atoms with E-state index in [1.807, 2.05) is 6.07 Å². The van der Waals surface area contributed by atoms with Gasteiger partial charge in [-0.3, -0.25) is 10.1 Å². The third-order valence-corrected chi connectivity index (χ3v) is 5.32. The average Bonchev–Trinajstić information content (AvgIpc) is 2.88. The fourth-order valence-corrected chi connectivity index (χ4v) is 3.63. The minimum absolute atomic E-state index is 0.105. The highest BCUT2D eigenvalue weighted by Gasteiger charge is 2.42. The summed E-state index contributed by atoms with van der Waals surface area (Å²) in [5.41, 5.74) is -0.188. The van der Waals surface area contributed by atoms with Crippen LogP contribution in [0, 0.1) is 5.41 Å². The maximum atomic E-state index is 12.3. The van der Waals surface area contributed by atoms with Crippen LogP contribution in [0.15, 0.2) is 17.5 Å². The quantitative estimate of drug-likeness (QED) is 0.679. The predicted octanol–water partition coefficient (Wildman–Crippen LogP) is 3.74. The SMILES string of the molecule is COC(=O)C1(NCc2cccs2)CCCC(C)(C)CC1. The molecule has 0 aromatic carbocycles. The number of methoxy groups -OCH3 is 1. The molecule has 0 amide bonds. The molecule has 0 spiro atoms. The number of ether oxygens (including phenoxy) is 1. The van der Waals surface area contributed by atoms with Crippen molar-refractivity contribution in [1.82, 2.24) is 5.32 Å². The molecule has 4 heteroatoms. The van der Waals surface area contributed by atoms with E-state index in [9.17, 15) is 4.79 Å². The molecule has 1 heterocycles. The molecule has 1 N–H and O–H groups in total. The monoisotopic (exact) mass is 295 g/mol. The second-order valence-electron chi connectivity index (χ2n) is 6.52. The highest BCUT2D eigenvalue weighted by Crippen LogP contribution is 2.38. The van der Waals surface area contributed by atoms with Crippen LogP contribution in [0.1, 0.15) is 50.8 Å². The highest BCUT2D eigenvalue weighted by atomic mass is 32.1. The van der Waals surface area contributed by atoms with E-state index in [-0.39, 0.29) is 5.97 Å². The molecule has 1 unspecified atom stereocenters. The molecule has 0 aliphatic heterocycles. The van der Waals surface area contributed by atoms with Crippen LogP contribution in [0.3, 0.4) is 0 Å². The van der Waals surface area contributed by atoms with Crippen molar-refractivity contribution in [2.45, 2.75) is 58.0 Å². The Morgan fingerprint density at radius 2 is 2.15 bits per heavy atom. The van der Waals surface area contributed by atoms with Crippen molar-refractivity contribution in [1.29, 1.82) is 0 Å². The number of thiophene rings is 1. The Balaban J connectivity index is 2.11. The van der Waals surface area contributed by atoms with Crippen LogP contribution in [0.5, 0.6) is 0 Å². The van der Waals surface area contributed by atoms with Gasteiger partial charge in [0.1, 0.15) is 5.54 Å². The zero-order chi connectivity index (χ0) is 14.6. The molecule has 1 fully saturated rings. The molecule has 1 aliphatic carbocycles. The van der Waals surface area contributed by atoms with Gasteiger partial charge in [-0.2, -0.15) is 0 Å². The van der Waals surface area contributed by atoms with Gasteiger partial charge in [-0.25, -0.2) is 0 Å². The molecule has 1 aromatic rings. The number of carbonyl (C=O) groups is 1. The summed E-state index contributed by atoms with van der Waals surface area (Å²) in [6.45, 7) is 5.33. The normalized spacial score (nSPS) is 25.9. The topological polar surface area (TPSA) is 38.3 Å². The summed E-state index contributed by atoms with van der Waals surface area (Å²) in [4.78, 5) is 13.6. The first-order chi connectivity index (χ1) is 9.47. The molecule has 2 rings (SSSR count). The van der Waals surface area contributed by atoms with Gasteiger partial charge in [-0.05, 0) is 42.5 Å². The minimum atomic E-state index is -0.507. The van der Waals surface area contributed by atoms with Crippen molar-refractivity contribution in [3.63, 3.8) is 0 Å². The van der Waals surface area contributed by atoms with Gasteiger partial charge in [0.15, 0.2) is 0 Å². The summed E-state index contributed by atoms with van der Waals surface area (Å²) in [5.74, 6) is -0.105. The molecule has 3 nitrogen and oxygen atoms in total. The van der Waals surface area contributed by atoms with E-state index in [1.165, 1.54) is 18.4 Å². The van der Waals surface area contributed by atoms with Gasteiger partial charge < -0.3 is 4.74 Å². The second kappa shape index (κ2) is 6.27. The molecule has 20 heavy (non-hydrogen) atoms. The maximum absolute atomic E-state index is 12.3. The Morgan fingerprint density at radius 3 is 2.80 bits per heavy atom. The molecule has 0 radical (unpaired) electrons. The summed E-state index contributed by atoms with van der Waals surface area (Å²) in [6, 6.07) is 4.14. The van der Waals surface area contributed by atoms with Crippen LogP contribution < -0.4 is 5.32 Å². The summed E-state index contributed by atoms with van der Waals surface area (Å²) >= 11 is 1.72. The van der Waals surface area contributed by atoms with E-state index in [2.05, 4.69) is 30.6 Å². The Morgan fingerprint density at radius 1 is 1.35 bits per heavy atom. The van der Waals surface area contributed by atoms with Crippen LogP contribution in [0.4, 0.5) is 0 Å². The van der Waals surface area contributed by atoms with Crippen LogP contribution in [0.2, 0.25) is 0 Å². The number of hydrogen-bond donors (Lipinski definition) is 1. The Bertz CT molecular complexity index is 441. The first-order valence-electron chi connectivity index (χ1n) is 7.33. The van der Waals surface area contributed by atoms with Crippen LogP contribution in [-0.4, -0.2) is 18.6 Å². The molecule has 1 aliphatic rings. The lowest BCUT2D eigenvalue weighted by atomic mass is 9.83. The number of rotatable bonds is 4. The van der Waals surface area contributed by atoms with E-state index in [0.29, 0.717) is 5.41 Å². The Kier molecular flexibility index (Phi) is 4.86. The summed E-state index contributed by atoms with van der Waals surface area (Å²) in [5, 5.41) is 5.57. The van der Waals surface area contributed by atoms with E-state index in [4.69, 9.17) is 4.74 Å². The maximum Gasteiger partial charge on any atom is 0.326 e. The number of nitrogens with one attached hydrogen (secondary N) is 1. The fraction of sp³-hybridized carbons (Fsp3) is 0.688. The van der Waals surface area contributed by atoms with E-state index < -0.39 is 5.54 Å². The second-order valence-corrected chi connectivity index (χ2v) is 7.56. The van der Waals surface area contributed by atoms with Crippen molar-refractivity contribution < 1.29 is 9.53 Å². The molecular formula is C16H25NO2S. The first-order valence-corrected chi connectivity index (χ1v) is 8.21. The predicted molar refractivity (Wildman–Crippen MR) is 82.8 cm³/mol. The number of hydrogen-bond acceptors (Lipinski definition) is 4. The van der Waals surface area contributed by atoms with Crippen molar-refractivity contribution in [3.8, 4) is 0 Å². The van der Waals surface area contributed by atoms with Gasteiger partial charge in [0.2, 0.25) is 0 Å². The van der Waals surface area contributed by atoms with E-state index in [1.54, 1.807) is 11.3 Å². The largest absolute Gasteiger partial charge is 0.468 e. The summed E-state index contributed by atoms with van der Waals surface area (Å²) in [7, 11) is 1.49. The standard InChI is InChI=1S/C16H25NO2S/c1-15(2)7-5-8-16(10-9-15,14(18)19-3)17-12-13-6-4-11-20-13/h4,6,11,17H,5,7-10,12H2,1-3H3.